The van der Waals surface area contributed by atoms with Crippen LogP contribution in [0.3, 0.4) is 0 Å². The Morgan fingerprint density at radius 2 is 1.88 bits per heavy atom. The summed E-state index contributed by atoms with van der Waals surface area (Å²) in [4.78, 5) is 12.3. The highest BCUT2D eigenvalue weighted by Crippen LogP contribution is 2.34. The maximum atomic E-state index is 12.3. The normalized spacial score (nSPS) is 11.0. The number of carbonyl (C=O) groups is 1. The number of rotatable bonds is 9. The number of para-hydroxylation sites is 1. The number of thioether (sulfide) groups is 1. The number of amides is 1. The molecule has 0 radical (unpaired) electrons. The first-order valence-corrected chi connectivity index (χ1v) is 11.3. The number of hydrazone groups is 1. The Hall–Kier alpha value is -4.05. The van der Waals surface area contributed by atoms with Crippen molar-refractivity contribution in [3.8, 4) is 28.6 Å². The SMILES string of the molecule is COc1ccc(-c2nnc(SCC(=O)N/N=C/c3ccc(C)o3)n2-c2ccccc2)cc1OC. The third kappa shape index (κ3) is 5.29. The molecule has 0 saturated carbocycles. The first kappa shape index (κ1) is 23.1. The Balaban J connectivity index is 1.55. The van der Waals surface area contributed by atoms with Crippen molar-refractivity contribution < 1.29 is 18.7 Å². The summed E-state index contributed by atoms with van der Waals surface area (Å²) in [5.41, 5.74) is 4.16. The van der Waals surface area contributed by atoms with Crippen LogP contribution in [0.25, 0.3) is 17.1 Å². The van der Waals surface area contributed by atoms with E-state index >= 15 is 0 Å². The van der Waals surface area contributed by atoms with E-state index in [0.29, 0.717) is 28.2 Å². The fourth-order valence-corrected chi connectivity index (χ4v) is 3.93. The zero-order valence-electron chi connectivity index (χ0n) is 18.9. The first-order chi connectivity index (χ1) is 16.6. The van der Waals surface area contributed by atoms with Crippen molar-refractivity contribution in [2.45, 2.75) is 12.1 Å². The fourth-order valence-electron chi connectivity index (χ4n) is 3.19. The van der Waals surface area contributed by atoms with Gasteiger partial charge in [-0.05, 0) is 49.4 Å². The zero-order valence-corrected chi connectivity index (χ0v) is 19.7. The van der Waals surface area contributed by atoms with Crippen LogP contribution in [0.1, 0.15) is 11.5 Å². The van der Waals surface area contributed by atoms with Gasteiger partial charge in [0, 0.05) is 11.3 Å². The van der Waals surface area contributed by atoms with Crippen LogP contribution in [0.4, 0.5) is 0 Å². The van der Waals surface area contributed by atoms with Crippen LogP contribution >= 0.6 is 11.8 Å². The standard InChI is InChI=1S/C24H23N5O4S/c1-16-9-11-19(33-16)14-25-26-22(30)15-34-24-28-27-23(29(24)18-7-5-4-6-8-18)17-10-12-20(31-2)21(13-17)32-3/h4-14H,15H2,1-3H3,(H,26,30)/b25-14+. The van der Waals surface area contributed by atoms with Crippen LogP contribution in [0, 0.1) is 6.92 Å². The Morgan fingerprint density at radius 1 is 1.09 bits per heavy atom. The number of nitrogens with zero attached hydrogens (tertiary/aromatic N) is 4. The lowest BCUT2D eigenvalue weighted by Crippen LogP contribution is -2.19. The van der Waals surface area contributed by atoms with Crippen molar-refractivity contribution in [2.75, 3.05) is 20.0 Å². The molecule has 1 N–H and O–H groups in total. The van der Waals surface area contributed by atoms with Gasteiger partial charge in [-0.15, -0.1) is 10.2 Å². The number of ether oxygens (including phenoxy) is 2. The average molecular weight is 478 g/mol. The lowest BCUT2D eigenvalue weighted by atomic mass is 10.2. The van der Waals surface area contributed by atoms with Gasteiger partial charge in [-0.2, -0.15) is 5.10 Å². The molecule has 0 aliphatic rings. The molecule has 2 aromatic carbocycles. The maximum Gasteiger partial charge on any atom is 0.250 e. The number of methoxy groups -OCH3 is 2. The lowest BCUT2D eigenvalue weighted by Gasteiger charge is -2.12. The van der Waals surface area contributed by atoms with Gasteiger partial charge < -0.3 is 13.9 Å². The van der Waals surface area contributed by atoms with Crippen molar-refractivity contribution in [1.82, 2.24) is 20.2 Å². The van der Waals surface area contributed by atoms with Gasteiger partial charge >= 0.3 is 0 Å². The van der Waals surface area contributed by atoms with E-state index in [1.165, 1.54) is 18.0 Å². The van der Waals surface area contributed by atoms with Crippen molar-refractivity contribution >= 4 is 23.9 Å². The van der Waals surface area contributed by atoms with E-state index in [2.05, 4.69) is 20.7 Å². The topological polar surface area (TPSA) is 104 Å². The van der Waals surface area contributed by atoms with E-state index in [1.54, 1.807) is 20.3 Å². The third-order valence-electron chi connectivity index (χ3n) is 4.76. The first-order valence-electron chi connectivity index (χ1n) is 10.3. The predicted molar refractivity (Wildman–Crippen MR) is 130 cm³/mol. The number of benzene rings is 2. The molecule has 0 unspecified atom stereocenters. The van der Waals surface area contributed by atoms with Crippen LogP contribution in [-0.4, -0.2) is 46.9 Å². The van der Waals surface area contributed by atoms with Gasteiger partial charge in [0.15, 0.2) is 22.5 Å². The number of hydrogen-bond donors (Lipinski definition) is 1. The smallest absolute Gasteiger partial charge is 0.250 e. The summed E-state index contributed by atoms with van der Waals surface area (Å²) in [6.07, 6.45) is 1.46. The zero-order chi connectivity index (χ0) is 23.9. The summed E-state index contributed by atoms with van der Waals surface area (Å²) >= 11 is 1.26. The van der Waals surface area contributed by atoms with Crippen molar-refractivity contribution in [1.29, 1.82) is 0 Å². The highest BCUT2D eigenvalue weighted by Gasteiger charge is 2.18. The largest absolute Gasteiger partial charge is 0.493 e. The number of nitrogens with one attached hydrogen (secondary N) is 1. The molecule has 1 amide bonds. The van der Waals surface area contributed by atoms with E-state index < -0.39 is 0 Å². The minimum Gasteiger partial charge on any atom is -0.493 e. The summed E-state index contributed by atoms with van der Waals surface area (Å²) in [5.74, 6) is 2.98. The molecule has 0 fully saturated rings. The van der Waals surface area contributed by atoms with Crippen LogP contribution in [0.2, 0.25) is 0 Å². The lowest BCUT2D eigenvalue weighted by molar-refractivity contribution is -0.118. The van der Waals surface area contributed by atoms with Crippen molar-refractivity contribution in [3.63, 3.8) is 0 Å². The molecule has 10 heteroatoms. The molecule has 174 valence electrons. The number of aryl methyl sites for hydroxylation is 1. The predicted octanol–water partition coefficient (Wildman–Crippen LogP) is 4.10. The molecule has 4 rings (SSSR count). The van der Waals surface area contributed by atoms with Gasteiger partial charge in [-0.3, -0.25) is 9.36 Å². The highest BCUT2D eigenvalue weighted by atomic mass is 32.2. The average Bonchev–Trinajstić information content (AvgIpc) is 3.48. The van der Waals surface area contributed by atoms with Gasteiger partial charge in [0.25, 0.3) is 5.91 Å². The quantitative estimate of drug-likeness (QED) is 0.220. The fraction of sp³-hybridized carbons (Fsp3) is 0.167. The molecule has 0 bridgehead atoms. The van der Waals surface area contributed by atoms with Gasteiger partial charge in [0.05, 0.1) is 26.2 Å². The Kier molecular flexibility index (Phi) is 7.28. The molecule has 0 spiro atoms. The van der Waals surface area contributed by atoms with Crippen LogP contribution in [-0.2, 0) is 4.79 Å². The molecular formula is C24H23N5O4S. The van der Waals surface area contributed by atoms with E-state index in [9.17, 15) is 4.79 Å². The maximum absolute atomic E-state index is 12.3. The van der Waals surface area contributed by atoms with E-state index in [-0.39, 0.29) is 11.7 Å². The number of aromatic nitrogens is 3. The third-order valence-corrected chi connectivity index (χ3v) is 5.69. The van der Waals surface area contributed by atoms with Gasteiger partial charge in [-0.25, -0.2) is 5.43 Å². The second kappa shape index (κ2) is 10.7. The summed E-state index contributed by atoms with van der Waals surface area (Å²) < 4.78 is 18.1. The Labute approximate surface area is 200 Å². The van der Waals surface area contributed by atoms with E-state index in [0.717, 1.165) is 17.0 Å². The van der Waals surface area contributed by atoms with Gasteiger partial charge in [-0.1, -0.05) is 30.0 Å². The van der Waals surface area contributed by atoms with E-state index in [1.807, 2.05) is 66.1 Å². The molecule has 0 saturated heterocycles. The Bertz CT molecular complexity index is 1300. The summed E-state index contributed by atoms with van der Waals surface area (Å²) in [6, 6.07) is 18.8. The Morgan fingerprint density at radius 3 is 2.59 bits per heavy atom. The van der Waals surface area contributed by atoms with Crippen molar-refractivity contribution in [3.05, 3.63) is 72.2 Å². The van der Waals surface area contributed by atoms with Crippen molar-refractivity contribution in [2.24, 2.45) is 5.10 Å². The molecule has 0 atom stereocenters. The second-order valence-corrected chi connectivity index (χ2v) is 8.02. The molecule has 4 aromatic rings. The summed E-state index contributed by atoms with van der Waals surface area (Å²) in [5, 5.41) is 13.2. The minimum atomic E-state index is -0.278. The van der Waals surface area contributed by atoms with Gasteiger partial charge in [0.2, 0.25) is 0 Å². The molecule has 2 heterocycles. The van der Waals surface area contributed by atoms with E-state index in [4.69, 9.17) is 13.9 Å². The van der Waals surface area contributed by atoms with Gasteiger partial charge in [0.1, 0.15) is 11.5 Å². The molecular weight excluding hydrogens is 454 g/mol. The highest BCUT2D eigenvalue weighted by molar-refractivity contribution is 7.99. The molecule has 2 aromatic heterocycles. The van der Waals surface area contributed by atoms with Crippen LogP contribution < -0.4 is 14.9 Å². The second-order valence-electron chi connectivity index (χ2n) is 7.08. The molecule has 0 aliphatic heterocycles. The van der Waals surface area contributed by atoms with Crippen LogP contribution in [0.15, 0.2) is 75.3 Å². The number of furan rings is 1. The molecule has 0 aliphatic carbocycles. The number of hydrogen-bond acceptors (Lipinski definition) is 8. The number of carbonyl (C=O) groups excluding carboxylic acids is 1. The van der Waals surface area contributed by atoms with Crippen LogP contribution in [0.5, 0.6) is 11.5 Å². The summed E-state index contributed by atoms with van der Waals surface area (Å²) in [7, 11) is 3.17. The molecule has 34 heavy (non-hydrogen) atoms. The molecule has 9 nitrogen and oxygen atoms in total. The minimum absolute atomic E-state index is 0.103. The monoisotopic (exact) mass is 477 g/mol. The summed E-state index contributed by atoms with van der Waals surface area (Å²) in [6.45, 7) is 1.84.